The molecular formula is C31H34ClN3O2. The Kier molecular flexibility index (Phi) is 7.71. The molecule has 1 aliphatic heterocycles. The Morgan fingerprint density at radius 1 is 0.973 bits per heavy atom. The van der Waals surface area contributed by atoms with Crippen LogP contribution in [0.2, 0.25) is 5.02 Å². The lowest BCUT2D eigenvalue weighted by Gasteiger charge is -2.37. The lowest BCUT2D eigenvalue weighted by molar-refractivity contribution is -0.131. The highest BCUT2D eigenvalue weighted by Crippen LogP contribution is 2.36. The second kappa shape index (κ2) is 11.3. The molecule has 1 aromatic heterocycles. The third-order valence-electron chi connectivity index (χ3n) is 7.38. The molecule has 37 heavy (non-hydrogen) atoms. The van der Waals surface area contributed by atoms with Crippen molar-refractivity contribution in [3.8, 4) is 5.75 Å². The van der Waals surface area contributed by atoms with Gasteiger partial charge in [-0.25, -0.2) is 0 Å². The number of H-pyrrole nitrogens is 1. The number of benzene rings is 3. The summed E-state index contributed by atoms with van der Waals surface area (Å²) in [7, 11) is 0. The minimum atomic E-state index is -0.0534. The van der Waals surface area contributed by atoms with E-state index in [1.54, 1.807) is 0 Å². The first-order chi connectivity index (χ1) is 18.1. The van der Waals surface area contributed by atoms with Crippen molar-refractivity contribution in [3.63, 3.8) is 0 Å². The number of aryl methyl sites for hydroxylation is 1. The smallest absolute Gasteiger partial charge is 0.223 e. The van der Waals surface area contributed by atoms with E-state index in [1.807, 2.05) is 54.3 Å². The van der Waals surface area contributed by atoms with Crippen LogP contribution >= 0.6 is 11.6 Å². The number of carbonyl (C=O) groups is 1. The fourth-order valence-electron chi connectivity index (χ4n) is 5.42. The monoisotopic (exact) mass is 515 g/mol. The molecule has 1 aliphatic rings. The minimum Gasteiger partial charge on any atom is -0.492 e. The molecule has 5 rings (SSSR count). The summed E-state index contributed by atoms with van der Waals surface area (Å²) in [6.45, 7) is 7.77. The molecule has 192 valence electrons. The topological polar surface area (TPSA) is 48.6 Å². The Hall–Kier alpha value is -3.44. The van der Waals surface area contributed by atoms with Crippen LogP contribution in [-0.2, 0) is 11.2 Å². The van der Waals surface area contributed by atoms with Crippen molar-refractivity contribution in [2.24, 2.45) is 0 Å². The number of rotatable bonds is 8. The maximum absolute atomic E-state index is 13.7. The van der Waals surface area contributed by atoms with E-state index in [2.05, 4.69) is 47.3 Å². The maximum Gasteiger partial charge on any atom is 0.223 e. The largest absolute Gasteiger partial charge is 0.492 e. The van der Waals surface area contributed by atoms with Gasteiger partial charge in [-0.05, 0) is 54.3 Å². The summed E-state index contributed by atoms with van der Waals surface area (Å²) in [6.07, 6.45) is 3.46. The van der Waals surface area contributed by atoms with Gasteiger partial charge in [0.1, 0.15) is 5.75 Å². The first-order valence-corrected chi connectivity index (χ1v) is 13.6. The highest BCUT2D eigenvalue weighted by Gasteiger charge is 2.27. The number of piperazine rings is 1. The third-order valence-corrected chi connectivity index (χ3v) is 7.63. The molecule has 3 aromatic carbocycles. The first kappa shape index (κ1) is 25.2. The molecule has 0 radical (unpaired) electrons. The lowest BCUT2D eigenvalue weighted by Crippen LogP contribution is -2.49. The van der Waals surface area contributed by atoms with Crippen LogP contribution < -0.4 is 9.64 Å². The van der Waals surface area contributed by atoms with Gasteiger partial charge in [0.15, 0.2) is 0 Å². The highest BCUT2D eigenvalue weighted by molar-refractivity contribution is 6.30. The SMILES string of the molecule is CCOc1ccccc1N1CCN(C(=O)CC(c2ccc(Cl)cc2)c2c[nH]c3c(CC)cccc23)CC1. The molecule has 1 amide bonds. The molecule has 1 unspecified atom stereocenters. The Bertz CT molecular complexity index is 1360. The van der Waals surface area contributed by atoms with E-state index in [0.29, 0.717) is 31.1 Å². The van der Waals surface area contributed by atoms with Crippen LogP contribution in [0.4, 0.5) is 5.69 Å². The zero-order chi connectivity index (χ0) is 25.8. The van der Waals surface area contributed by atoms with Gasteiger partial charge in [0.05, 0.1) is 12.3 Å². The second-order valence-corrected chi connectivity index (χ2v) is 9.95. The van der Waals surface area contributed by atoms with Gasteiger partial charge in [-0.1, -0.05) is 61.0 Å². The van der Waals surface area contributed by atoms with E-state index >= 15 is 0 Å². The van der Waals surface area contributed by atoms with Crippen molar-refractivity contribution in [1.29, 1.82) is 0 Å². The number of hydrogen-bond donors (Lipinski definition) is 1. The molecule has 0 saturated carbocycles. The number of anilines is 1. The molecule has 1 fully saturated rings. The Balaban J connectivity index is 1.36. The van der Waals surface area contributed by atoms with E-state index in [9.17, 15) is 4.79 Å². The van der Waals surface area contributed by atoms with Crippen molar-refractivity contribution in [2.75, 3.05) is 37.7 Å². The number of hydrogen-bond acceptors (Lipinski definition) is 3. The normalized spacial score (nSPS) is 14.7. The van der Waals surface area contributed by atoms with Gasteiger partial charge in [0, 0.05) is 60.6 Å². The van der Waals surface area contributed by atoms with Gasteiger partial charge < -0.3 is 19.5 Å². The Morgan fingerprint density at radius 2 is 1.73 bits per heavy atom. The van der Waals surface area contributed by atoms with Gasteiger partial charge in [0.2, 0.25) is 5.91 Å². The standard InChI is InChI=1S/C31H34ClN3O2/c1-3-22-8-7-9-25-27(21-33-31(22)25)26(23-12-14-24(32)15-13-23)20-30(36)35-18-16-34(17-19-35)28-10-5-6-11-29(28)37-4-2/h5-15,21,26,33H,3-4,16-20H2,1-2H3. The molecule has 1 saturated heterocycles. The van der Waals surface area contributed by atoms with Gasteiger partial charge in [0.25, 0.3) is 0 Å². The molecule has 1 N–H and O–H groups in total. The molecule has 1 atom stereocenters. The molecule has 0 bridgehead atoms. The van der Waals surface area contributed by atoms with Crippen molar-refractivity contribution in [2.45, 2.75) is 32.6 Å². The fourth-order valence-corrected chi connectivity index (χ4v) is 5.55. The number of halogens is 1. The summed E-state index contributed by atoms with van der Waals surface area (Å²) >= 11 is 6.20. The van der Waals surface area contributed by atoms with E-state index in [0.717, 1.165) is 47.6 Å². The average molecular weight is 516 g/mol. The number of nitrogens with zero attached hydrogens (tertiary/aromatic N) is 2. The van der Waals surface area contributed by atoms with Crippen molar-refractivity contribution in [3.05, 3.63) is 94.6 Å². The zero-order valence-electron chi connectivity index (χ0n) is 21.5. The summed E-state index contributed by atoms with van der Waals surface area (Å²) in [5, 5.41) is 1.88. The summed E-state index contributed by atoms with van der Waals surface area (Å²) in [6, 6.07) is 22.5. The van der Waals surface area contributed by atoms with Crippen LogP contribution in [0.25, 0.3) is 10.9 Å². The third kappa shape index (κ3) is 5.33. The predicted octanol–water partition coefficient (Wildman–Crippen LogP) is 6.65. The summed E-state index contributed by atoms with van der Waals surface area (Å²) < 4.78 is 5.83. The first-order valence-electron chi connectivity index (χ1n) is 13.2. The summed E-state index contributed by atoms with van der Waals surface area (Å²) in [5.74, 6) is 1.03. The maximum atomic E-state index is 13.7. The van der Waals surface area contributed by atoms with Crippen molar-refractivity contribution >= 4 is 34.1 Å². The second-order valence-electron chi connectivity index (χ2n) is 9.51. The minimum absolute atomic E-state index is 0.0534. The summed E-state index contributed by atoms with van der Waals surface area (Å²) in [5.41, 5.74) is 5.80. The predicted molar refractivity (Wildman–Crippen MR) is 152 cm³/mol. The van der Waals surface area contributed by atoms with Crippen LogP contribution in [0.15, 0.2) is 72.9 Å². The Morgan fingerprint density at radius 3 is 2.46 bits per heavy atom. The number of aromatic nitrogens is 1. The van der Waals surface area contributed by atoms with Crippen LogP contribution in [0.3, 0.4) is 0 Å². The van der Waals surface area contributed by atoms with Crippen LogP contribution in [0.1, 0.15) is 42.9 Å². The number of ether oxygens (including phenoxy) is 1. The van der Waals surface area contributed by atoms with Gasteiger partial charge in [-0.2, -0.15) is 0 Å². The zero-order valence-corrected chi connectivity index (χ0v) is 22.3. The molecular weight excluding hydrogens is 482 g/mol. The number of aromatic amines is 1. The molecule has 0 aliphatic carbocycles. The number of nitrogens with one attached hydrogen (secondary N) is 1. The van der Waals surface area contributed by atoms with E-state index in [-0.39, 0.29) is 11.8 Å². The van der Waals surface area contributed by atoms with Gasteiger partial charge in [-0.3, -0.25) is 4.79 Å². The van der Waals surface area contributed by atoms with Crippen LogP contribution in [-0.4, -0.2) is 48.6 Å². The number of fused-ring (bicyclic) bond motifs is 1. The fraction of sp³-hybridized carbons (Fsp3) is 0.323. The number of carbonyl (C=O) groups excluding carboxylic acids is 1. The lowest BCUT2D eigenvalue weighted by atomic mass is 9.87. The average Bonchev–Trinajstić information content (AvgIpc) is 3.37. The number of para-hydroxylation sites is 3. The molecule has 5 nitrogen and oxygen atoms in total. The van der Waals surface area contributed by atoms with E-state index < -0.39 is 0 Å². The summed E-state index contributed by atoms with van der Waals surface area (Å²) in [4.78, 5) is 21.5. The Labute approximate surface area is 224 Å². The molecule has 6 heteroatoms. The van der Waals surface area contributed by atoms with Crippen LogP contribution in [0, 0.1) is 0 Å². The van der Waals surface area contributed by atoms with Gasteiger partial charge >= 0.3 is 0 Å². The highest BCUT2D eigenvalue weighted by atomic mass is 35.5. The van der Waals surface area contributed by atoms with Crippen molar-refractivity contribution in [1.82, 2.24) is 9.88 Å². The van der Waals surface area contributed by atoms with E-state index in [4.69, 9.17) is 16.3 Å². The quantitative estimate of drug-likeness (QED) is 0.285. The molecule has 4 aromatic rings. The van der Waals surface area contributed by atoms with Crippen LogP contribution in [0.5, 0.6) is 5.75 Å². The van der Waals surface area contributed by atoms with Crippen molar-refractivity contribution < 1.29 is 9.53 Å². The van der Waals surface area contributed by atoms with Gasteiger partial charge in [-0.15, -0.1) is 0 Å². The number of amides is 1. The van der Waals surface area contributed by atoms with E-state index in [1.165, 1.54) is 10.9 Å². The molecule has 0 spiro atoms. The molecule has 2 heterocycles.